The Labute approximate surface area is 91.2 Å². The van der Waals surface area contributed by atoms with Gasteiger partial charge in [0, 0.05) is 6.42 Å². The van der Waals surface area contributed by atoms with Crippen LogP contribution >= 0.6 is 0 Å². The fourth-order valence-corrected chi connectivity index (χ4v) is 1.89. The van der Waals surface area contributed by atoms with Crippen LogP contribution in [0.25, 0.3) is 0 Å². The third kappa shape index (κ3) is 3.80. The van der Waals surface area contributed by atoms with Crippen molar-refractivity contribution >= 4 is 5.91 Å². The number of rotatable bonds is 7. The Morgan fingerprint density at radius 1 is 1.33 bits per heavy atom. The van der Waals surface area contributed by atoms with E-state index in [9.17, 15) is 4.79 Å². The lowest BCUT2D eigenvalue weighted by Gasteiger charge is -2.41. The van der Waals surface area contributed by atoms with Gasteiger partial charge >= 0.3 is 0 Å². The van der Waals surface area contributed by atoms with Gasteiger partial charge < -0.3 is 16.2 Å². The van der Waals surface area contributed by atoms with Gasteiger partial charge in [0.15, 0.2) is 0 Å². The van der Waals surface area contributed by atoms with E-state index in [0.717, 1.165) is 38.5 Å². The molecule has 0 spiro atoms. The second-order valence-corrected chi connectivity index (χ2v) is 4.44. The molecule has 4 nitrogen and oxygen atoms in total. The first-order valence-electron chi connectivity index (χ1n) is 5.84. The summed E-state index contributed by atoms with van der Waals surface area (Å²) in [5.74, 6) is 0.0702. The third-order valence-electron chi connectivity index (χ3n) is 3.13. The number of unbranched alkanes of at least 4 members (excludes halogenated alkanes) is 2. The van der Waals surface area contributed by atoms with Crippen LogP contribution in [0.4, 0.5) is 0 Å². The van der Waals surface area contributed by atoms with Gasteiger partial charge in [0.2, 0.25) is 5.91 Å². The van der Waals surface area contributed by atoms with Crippen LogP contribution in [0.3, 0.4) is 0 Å². The largest absolute Gasteiger partial charge is 0.394 e. The Morgan fingerprint density at radius 2 is 2.07 bits per heavy atom. The Balaban J connectivity index is 2.12. The minimum Gasteiger partial charge on any atom is -0.394 e. The first kappa shape index (κ1) is 12.5. The highest BCUT2D eigenvalue weighted by Crippen LogP contribution is 2.31. The van der Waals surface area contributed by atoms with Crippen LogP contribution < -0.4 is 11.1 Å². The quantitative estimate of drug-likeness (QED) is 0.541. The average Bonchev–Trinajstić information content (AvgIpc) is 2.18. The molecule has 1 rings (SSSR count). The average molecular weight is 214 g/mol. The Morgan fingerprint density at radius 3 is 2.53 bits per heavy atom. The second-order valence-electron chi connectivity index (χ2n) is 4.44. The summed E-state index contributed by atoms with van der Waals surface area (Å²) in [6.07, 6.45) is 6.38. The molecule has 0 saturated heterocycles. The molecular weight excluding hydrogens is 192 g/mol. The standard InChI is InChI=1S/C11H22N2O2/c12-8-3-1-2-5-10(15)13-11(9-14)6-4-7-11/h14H,1-9,12H2,(H,13,15). The van der Waals surface area contributed by atoms with Crippen molar-refractivity contribution in [3.8, 4) is 0 Å². The van der Waals surface area contributed by atoms with Gasteiger partial charge in [-0.2, -0.15) is 0 Å². The number of carbonyl (C=O) groups excluding carboxylic acids is 1. The zero-order valence-corrected chi connectivity index (χ0v) is 9.30. The first-order valence-corrected chi connectivity index (χ1v) is 5.84. The van der Waals surface area contributed by atoms with Crippen LogP contribution in [-0.4, -0.2) is 29.7 Å². The zero-order valence-electron chi connectivity index (χ0n) is 9.30. The van der Waals surface area contributed by atoms with Gasteiger partial charge in [-0.05, 0) is 38.6 Å². The molecule has 88 valence electrons. The highest BCUT2D eigenvalue weighted by atomic mass is 16.3. The molecule has 0 heterocycles. The van der Waals surface area contributed by atoms with Gasteiger partial charge in [-0.3, -0.25) is 4.79 Å². The summed E-state index contributed by atoms with van der Waals surface area (Å²) in [6, 6.07) is 0. The fourth-order valence-electron chi connectivity index (χ4n) is 1.89. The first-order chi connectivity index (χ1) is 7.22. The minimum absolute atomic E-state index is 0.0702. The summed E-state index contributed by atoms with van der Waals surface area (Å²) >= 11 is 0. The van der Waals surface area contributed by atoms with Crippen LogP contribution in [0.1, 0.15) is 44.9 Å². The van der Waals surface area contributed by atoms with Gasteiger partial charge in [0.25, 0.3) is 0 Å². The molecule has 0 aliphatic heterocycles. The molecule has 4 heteroatoms. The van der Waals surface area contributed by atoms with Crippen molar-refractivity contribution < 1.29 is 9.90 Å². The summed E-state index contributed by atoms with van der Waals surface area (Å²) in [6.45, 7) is 0.768. The number of carbonyl (C=O) groups is 1. The van der Waals surface area contributed by atoms with Crippen LogP contribution in [0, 0.1) is 0 Å². The van der Waals surface area contributed by atoms with Crippen molar-refractivity contribution in [1.82, 2.24) is 5.32 Å². The predicted octanol–water partition coefficient (Wildman–Crippen LogP) is 0.537. The monoisotopic (exact) mass is 214 g/mol. The van der Waals surface area contributed by atoms with E-state index < -0.39 is 0 Å². The van der Waals surface area contributed by atoms with Crippen molar-refractivity contribution in [2.45, 2.75) is 50.5 Å². The Kier molecular flexibility index (Phi) is 5.05. The van der Waals surface area contributed by atoms with Crippen molar-refractivity contribution in [2.24, 2.45) is 5.73 Å². The highest BCUT2D eigenvalue weighted by molar-refractivity contribution is 5.76. The summed E-state index contributed by atoms with van der Waals surface area (Å²) in [4.78, 5) is 11.5. The SMILES string of the molecule is NCCCCCC(=O)NC1(CO)CCC1. The number of hydrogen-bond donors (Lipinski definition) is 3. The van der Waals surface area contributed by atoms with Gasteiger partial charge in [0.1, 0.15) is 0 Å². The van der Waals surface area contributed by atoms with Crippen LogP contribution in [-0.2, 0) is 4.79 Å². The van der Waals surface area contributed by atoms with Crippen molar-refractivity contribution in [1.29, 1.82) is 0 Å². The van der Waals surface area contributed by atoms with Crippen LogP contribution in [0.2, 0.25) is 0 Å². The summed E-state index contributed by atoms with van der Waals surface area (Å²) in [5.41, 5.74) is 5.08. The Bertz CT molecular complexity index is 197. The second kappa shape index (κ2) is 6.08. The number of nitrogens with two attached hydrogens (primary N) is 1. The molecule has 1 amide bonds. The lowest BCUT2D eigenvalue weighted by molar-refractivity contribution is -0.125. The minimum atomic E-state index is -0.287. The molecule has 1 aliphatic carbocycles. The third-order valence-corrected chi connectivity index (χ3v) is 3.13. The molecule has 0 atom stereocenters. The number of hydrogen-bond acceptors (Lipinski definition) is 3. The Hall–Kier alpha value is -0.610. The van der Waals surface area contributed by atoms with Gasteiger partial charge in [-0.25, -0.2) is 0 Å². The van der Waals surface area contributed by atoms with E-state index in [-0.39, 0.29) is 18.1 Å². The lowest BCUT2D eigenvalue weighted by atomic mass is 9.77. The molecule has 0 aromatic rings. The molecule has 1 fully saturated rings. The number of aliphatic hydroxyl groups excluding tert-OH is 1. The van der Waals surface area contributed by atoms with Gasteiger partial charge in [-0.1, -0.05) is 6.42 Å². The van der Waals surface area contributed by atoms with E-state index in [1.54, 1.807) is 0 Å². The molecule has 15 heavy (non-hydrogen) atoms. The molecule has 0 aromatic heterocycles. The van der Waals surface area contributed by atoms with E-state index >= 15 is 0 Å². The van der Waals surface area contributed by atoms with E-state index in [0.29, 0.717) is 13.0 Å². The van der Waals surface area contributed by atoms with Crippen LogP contribution in [0.15, 0.2) is 0 Å². The highest BCUT2D eigenvalue weighted by Gasteiger charge is 2.37. The number of nitrogens with one attached hydrogen (secondary N) is 1. The smallest absolute Gasteiger partial charge is 0.220 e. The van der Waals surface area contributed by atoms with Gasteiger partial charge in [-0.15, -0.1) is 0 Å². The summed E-state index contributed by atoms with van der Waals surface area (Å²) in [5, 5.41) is 12.1. The molecule has 1 saturated carbocycles. The molecule has 1 aliphatic rings. The van der Waals surface area contributed by atoms with E-state index in [2.05, 4.69) is 5.32 Å². The predicted molar refractivity (Wildman–Crippen MR) is 59.3 cm³/mol. The number of amides is 1. The van der Waals surface area contributed by atoms with Crippen LogP contribution in [0.5, 0.6) is 0 Å². The lowest BCUT2D eigenvalue weighted by Crippen LogP contribution is -2.56. The van der Waals surface area contributed by atoms with E-state index in [4.69, 9.17) is 10.8 Å². The molecule has 4 N–H and O–H groups in total. The van der Waals surface area contributed by atoms with Crippen molar-refractivity contribution in [3.05, 3.63) is 0 Å². The fraction of sp³-hybridized carbons (Fsp3) is 0.909. The zero-order chi connectivity index (χ0) is 11.1. The maximum atomic E-state index is 11.5. The molecular formula is C11H22N2O2. The van der Waals surface area contributed by atoms with Crippen molar-refractivity contribution in [3.63, 3.8) is 0 Å². The number of aliphatic hydroxyl groups is 1. The summed E-state index contributed by atoms with van der Waals surface area (Å²) in [7, 11) is 0. The molecule has 0 unspecified atom stereocenters. The normalized spacial score (nSPS) is 18.3. The maximum Gasteiger partial charge on any atom is 0.220 e. The van der Waals surface area contributed by atoms with Crippen molar-refractivity contribution in [2.75, 3.05) is 13.2 Å². The maximum absolute atomic E-state index is 11.5. The van der Waals surface area contributed by atoms with Gasteiger partial charge in [0.05, 0.1) is 12.1 Å². The summed E-state index contributed by atoms with van der Waals surface area (Å²) < 4.78 is 0. The molecule has 0 radical (unpaired) electrons. The van der Waals surface area contributed by atoms with E-state index in [1.165, 1.54) is 0 Å². The molecule has 0 aromatic carbocycles. The topological polar surface area (TPSA) is 75.4 Å². The van der Waals surface area contributed by atoms with E-state index in [1.807, 2.05) is 0 Å². The molecule has 0 bridgehead atoms.